The number of likely N-dealkylation sites (N-methyl/N-ethyl adjacent to an activating group) is 1. The Hall–Kier alpha value is -3.42. The van der Waals surface area contributed by atoms with Crippen molar-refractivity contribution in [1.29, 1.82) is 0 Å². The Bertz CT molecular complexity index is 973. The molecule has 1 aromatic rings. The number of nitrogens with one attached hydrogen (secondary N) is 2. The lowest BCUT2D eigenvalue weighted by Gasteiger charge is -2.12. The van der Waals surface area contributed by atoms with Crippen molar-refractivity contribution in [2.24, 2.45) is 0 Å². The molecule has 128 valence electrons. The second-order valence-corrected chi connectivity index (χ2v) is 5.41. The molecule has 0 aliphatic carbocycles. The molecule has 2 aliphatic rings. The summed E-state index contributed by atoms with van der Waals surface area (Å²) < 4.78 is 6.41. The quantitative estimate of drug-likeness (QED) is 0.682. The number of aromatic amines is 1. The molecule has 2 N–H and O–H groups in total. The smallest absolute Gasteiger partial charge is 0.341 e. The van der Waals surface area contributed by atoms with E-state index in [9.17, 15) is 14.4 Å². The molecule has 25 heavy (non-hydrogen) atoms. The predicted octanol–water partition coefficient (Wildman–Crippen LogP) is 0.740. The van der Waals surface area contributed by atoms with E-state index in [4.69, 9.17) is 4.74 Å². The van der Waals surface area contributed by atoms with E-state index in [2.05, 4.69) is 15.5 Å². The summed E-state index contributed by atoms with van der Waals surface area (Å²) in [5.74, 6) is -0.697. The third kappa shape index (κ3) is 3.14. The number of amides is 1. The molecule has 3 rings (SSSR count). The Balaban J connectivity index is 2.12. The molecule has 0 atom stereocenters. The molecule has 0 unspecified atom stereocenters. The van der Waals surface area contributed by atoms with E-state index in [0.717, 1.165) is 5.56 Å². The third-order valence-electron chi connectivity index (χ3n) is 3.82. The number of hydrogen-bond donors (Lipinski definition) is 2. The van der Waals surface area contributed by atoms with E-state index in [0.29, 0.717) is 5.69 Å². The zero-order chi connectivity index (χ0) is 18.0. The monoisotopic (exact) mass is 340 g/mol. The number of pyridine rings is 1. The maximum absolute atomic E-state index is 12.0. The highest BCUT2D eigenvalue weighted by molar-refractivity contribution is 5.96. The second kappa shape index (κ2) is 6.60. The van der Waals surface area contributed by atoms with Gasteiger partial charge in [-0.15, -0.1) is 0 Å². The van der Waals surface area contributed by atoms with Crippen LogP contribution in [0, 0.1) is 0 Å². The van der Waals surface area contributed by atoms with Crippen LogP contribution in [0.15, 0.2) is 41.5 Å². The van der Waals surface area contributed by atoms with E-state index >= 15 is 0 Å². The molecular formula is C17H16N4O4. The van der Waals surface area contributed by atoms with Gasteiger partial charge in [0.1, 0.15) is 11.3 Å². The highest BCUT2D eigenvalue weighted by Gasteiger charge is 2.22. The van der Waals surface area contributed by atoms with Gasteiger partial charge in [0.15, 0.2) is 0 Å². The first-order valence-corrected chi connectivity index (χ1v) is 7.52. The zero-order valence-electron chi connectivity index (χ0n) is 13.7. The van der Waals surface area contributed by atoms with Gasteiger partial charge in [0.25, 0.3) is 5.56 Å². The van der Waals surface area contributed by atoms with Crippen molar-refractivity contribution < 1.29 is 14.3 Å². The molecular weight excluding hydrogens is 324 g/mol. The van der Waals surface area contributed by atoms with Gasteiger partial charge < -0.3 is 14.6 Å². The van der Waals surface area contributed by atoms with E-state index in [1.165, 1.54) is 7.11 Å². The summed E-state index contributed by atoms with van der Waals surface area (Å²) in [6.45, 7) is 0. The predicted molar refractivity (Wildman–Crippen MR) is 89.9 cm³/mol. The molecule has 2 heterocycles. The Morgan fingerprint density at radius 1 is 1.32 bits per heavy atom. The molecule has 1 amide bonds. The fraction of sp³-hybridized carbons (Fsp3) is 0.176. The van der Waals surface area contributed by atoms with Crippen molar-refractivity contribution in [3.05, 3.63) is 58.1 Å². The van der Waals surface area contributed by atoms with E-state index < -0.39 is 11.5 Å². The number of ether oxygens (including phenoxy) is 1. The standard InChI is InChI=1S/C17H16N4O4/c1-18-14(22)7-10-4-3-5-11(6-10)21-8-12-15(19-20-16(12)23)13(9-21)17(24)25-2/h3-6,8-9H,7H2,1-2H3,(H,18,22)(H,20,23). The Kier molecular flexibility index (Phi) is 4.34. The van der Waals surface area contributed by atoms with Gasteiger partial charge in [-0.25, -0.2) is 9.89 Å². The molecule has 8 heteroatoms. The summed E-state index contributed by atoms with van der Waals surface area (Å²) in [7, 11) is 2.84. The van der Waals surface area contributed by atoms with Crippen molar-refractivity contribution in [3.63, 3.8) is 0 Å². The highest BCUT2D eigenvalue weighted by Crippen LogP contribution is 2.23. The maximum atomic E-state index is 12.0. The van der Waals surface area contributed by atoms with Crippen LogP contribution < -0.4 is 10.9 Å². The van der Waals surface area contributed by atoms with Gasteiger partial charge in [-0.1, -0.05) is 12.1 Å². The summed E-state index contributed by atoms with van der Waals surface area (Å²) in [6, 6.07) is 7.25. The number of carbonyl (C=O) groups excluding carboxylic acids is 2. The normalized spacial score (nSPS) is 10.6. The summed E-state index contributed by atoms with van der Waals surface area (Å²) >= 11 is 0. The van der Waals surface area contributed by atoms with Crippen LogP contribution in [0.3, 0.4) is 0 Å². The van der Waals surface area contributed by atoms with Crippen LogP contribution in [0.5, 0.6) is 0 Å². The number of H-pyrrole nitrogens is 1. The minimum Gasteiger partial charge on any atom is -0.465 e. The topological polar surface area (TPSA) is 106 Å². The number of benzene rings is 1. The fourth-order valence-electron chi connectivity index (χ4n) is 2.55. The molecule has 0 aromatic heterocycles. The average molecular weight is 340 g/mol. The Morgan fingerprint density at radius 3 is 2.84 bits per heavy atom. The number of nitrogens with zero attached hydrogens (tertiary/aromatic N) is 2. The van der Waals surface area contributed by atoms with Crippen LogP contribution in [0.1, 0.15) is 15.9 Å². The minimum atomic E-state index is -0.590. The number of hydrogen-bond acceptors (Lipinski definition) is 5. The van der Waals surface area contributed by atoms with Crippen molar-refractivity contribution in [3.8, 4) is 16.9 Å². The highest BCUT2D eigenvalue weighted by atomic mass is 16.5. The molecule has 2 aliphatic heterocycles. The van der Waals surface area contributed by atoms with Crippen molar-refractivity contribution >= 4 is 11.9 Å². The van der Waals surface area contributed by atoms with Crippen LogP contribution in [0.4, 0.5) is 0 Å². The molecule has 1 aromatic carbocycles. The van der Waals surface area contributed by atoms with Crippen molar-refractivity contribution in [2.75, 3.05) is 14.2 Å². The van der Waals surface area contributed by atoms with E-state index in [1.54, 1.807) is 30.1 Å². The number of methoxy groups -OCH3 is 1. The molecule has 0 spiro atoms. The van der Waals surface area contributed by atoms with Crippen molar-refractivity contribution in [2.45, 2.75) is 6.42 Å². The minimum absolute atomic E-state index is 0.107. The van der Waals surface area contributed by atoms with Gasteiger partial charge in [-0.2, -0.15) is 5.10 Å². The first-order chi connectivity index (χ1) is 12.0. The third-order valence-corrected chi connectivity index (χ3v) is 3.82. The van der Waals surface area contributed by atoms with E-state index in [1.807, 2.05) is 18.2 Å². The van der Waals surface area contributed by atoms with Crippen LogP contribution in [0.25, 0.3) is 16.9 Å². The van der Waals surface area contributed by atoms with Crippen LogP contribution >= 0.6 is 0 Å². The summed E-state index contributed by atoms with van der Waals surface area (Å²) in [5, 5.41) is 8.80. The summed E-state index contributed by atoms with van der Waals surface area (Å²) in [4.78, 5) is 35.5. The molecule has 0 saturated heterocycles. The lowest BCUT2D eigenvalue weighted by atomic mass is 10.1. The Labute approximate surface area is 142 Å². The number of carbonyl (C=O) groups is 2. The fourth-order valence-corrected chi connectivity index (χ4v) is 2.55. The van der Waals surface area contributed by atoms with Gasteiger partial charge in [-0.3, -0.25) is 9.59 Å². The van der Waals surface area contributed by atoms with Gasteiger partial charge in [0.05, 0.1) is 19.1 Å². The van der Waals surface area contributed by atoms with Crippen LogP contribution in [0.2, 0.25) is 0 Å². The van der Waals surface area contributed by atoms with Gasteiger partial charge in [-0.05, 0) is 17.7 Å². The lowest BCUT2D eigenvalue weighted by Crippen LogP contribution is -2.20. The largest absolute Gasteiger partial charge is 0.465 e. The van der Waals surface area contributed by atoms with Crippen LogP contribution in [-0.2, 0) is 16.0 Å². The Morgan fingerprint density at radius 2 is 2.12 bits per heavy atom. The van der Waals surface area contributed by atoms with Gasteiger partial charge in [0.2, 0.25) is 5.91 Å². The van der Waals surface area contributed by atoms with Gasteiger partial charge >= 0.3 is 5.97 Å². The average Bonchev–Trinajstić information content (AvgIpc) is 3.01. The number of fused-ring (bicyclic) bond motifs is 1. The van der Waals surface area contributed by atoms with Gasteiger partial charge in [0, 0.05) is 25.1 Å². The molecule has 8 nitrogen and oxygen atoms in total. The number of aromatic nitrogens is 3. The maximum Gasteiger partial charge on any atom is 0.341 e. The SMILES string of the molecule is CNC(=O)Cc1cccc(-n2cc(C(=O)OC)c3n[nH]c(=O)c-3c2)c1. The summed E-state index contributed by atoms with van der Waals surface area (Å²) in [5.41, 5.74) is 1.83. The molecule has 0 bridgehead atoms. The lowest BCUT2D eigenvalue weighted by molar-refractivity contribution is -0.119. The second-order valence-electron chi connectivity index (χ2n) is 5.41. The first kappa shape index (κ1) is 16.4. The molecule has 0 radical (unpaired) electrons. The van der Waals surface area contributed by atoms with E-state index in [-0.39, 0.29) is 29.1 Å². The van der Waals surface area contributed by atoms with Crippen LogP contribution in [-0.4, -0.2) is 40.8 Å². The first-order valence-electron chi connectivity index (χ1n) is 7.52. The molecule has 0 fully saturated rings. The summed E-state index contributed by atoms with van der Waals surface area (Å²) in [6.07, 6.45) is 3.37. The zero-order valence-corrected chi connectivity index (χ0v) is 13.7. The van der Waals surface area contributed by atoms with Crippen molar-refractivity contribution in [1.82, 2.24) is 20.1 Å². The number of esters is 1. The number of rotatable bonds is 4. The molecule has 0 saturated carbocycles.